The highest BCUT2D eigenvalue weighted by atomic mass is 16.5. The first-order valence-corrected chi connectivity index (χ1v) is 12.3. The maximum atomic E-state index is 13.4. The number of rotatable bonds is 6. The molecule has 37 heavy (non-hydrogen) atoms. The number of hydrogen-bond acceptors (Lipinski definition) is 7. The molecule has 0 bridgehead atoms. The summed E-state index contributed by atoms with van der Waals surface area (Å²) in [5.41, 5.74) is 4.41. The van der Waals surface area contributed by atoms with E-state index in [2.05, 4.69) is 44.3 Å². The van der Waals surface area contributed by atoms with Crippen LogP contribution in [-0.2, 0) is 7.05 Å². The number of benzene rings is 2. The Morgan fingerprint density at radius 2 is 1.70 bits per heavy atom. The summed E-state index contributed by atoms with van der Waals surface area (Å²) in [4.78, 5) is 26.6. The third-order valence-corrected chi connectivity index (χ3v) is 6.50. The lowest BCUT2D eigenvalue weighted by Crippen LogP contribution is -2.49. The Morgan fingerprint density at radius 3 is 2.43 bits per heavy atom. The van der Waals surface area contributed by atoms with Gasteiger partial charge in [0.2, 0.25) is 0 Å². The molecule has 0 radical (unpaired) electrons. The molecule has 190 valence electrons. The zero-order valence-corrected chi connectivity index (χ0v) is 21.6. The topological polar surface area (TPSA) is 88.4 Å². The molecule has 1 saturated heterocycles. The van der Waals surface area contributed by atoms with Gasteiger partial charge in [0.1, 0.15) is 28.9 Å². The average Bonchev–Trinajstić information content (AvgIpc) is 3.31. The molecule has 1 aliphatic rings. The van der Waals surface area contributed by atoms with E-state index in [1.807, 2.05) is 60.4 Å². The number of ether oxygens (including phenoxy) is 1. The lowest BCUT2D eigenvalue weighted by molar-refractivity contribution is 0.0735. The number of aryl methyl sites for hydroxylation is 3. The van der Waals surface area contributed by atoms with E-state index in [0.29, 0.717) is 37.7 Å². The highest BCUT2D eigenvalue weighted by Gasteiger charge is 2.26. The summed E-state index contributed by atoms with van der Waals surface area (Å²) in [5, 5.41) is 7.94. The van der Waals surface area contributed by atoms with Crippen LogP contribution in [0, 0.1) is 13.8 Å². The molecule has 2 aromatic heterocycles. The molecule has 1 amide bonds. The van der Waals surface area contributed by atoms with Crippen LogP contribution in [0.15, 0.2) is 60.7 Å². The minimum Gasteiger partial charge on any atom is -0.497 e. The van der Waals surface area contributed by atoms with Crippen molar-refractivity contribution in [2.24, 2.45) is 7.05 Å². The molecule has 0 atom stereocenters. The van der Waals surface area contributed by atoms with E-state index in [1.165, 1.54) is 5.56 Å². The number of nitrogens with zero attached hydrogens (tertiary/aromatic N) is 6. The minimum atomic E-state index is -0.0237. The van der Waals surface area contributed by atoms with Gasteiger partial charge in [-0.25, -0.2) is 9.97 Å². The molecule has 5 rings (SSSR count). The van der Waals surface area contributed by atoms with Gasteiger partial charge in [-0.3, -0.25) is 9.48 Å². The molecule has 1 N–H and O–H groups in total. The smallest absolute Gasteiger partial charge is 0.272 e. The zero-order chi connectivity index (χ0) is 25.9. The molecule has 1 aliphatic heterocycles. The van der Waals surface area contributed by atoms with Gasteiger partial charge in [0.05, 0.1) is 12.8 Å². The third kappa shape index (κ3) is 5.40. The van der Waals surface area contributed by atoms with Crippen molar-refractivity contribution in [3.05, 3.63) is 77.7 Å². The Bertz CT molecular complexity index is 1410. The molecule has 9 heteroatoms. The predicted octanol–water partition coefficient (Wildman–Crippen LogP) is 4.21. The molecule has 0 spiro atoms. The Hall–Kier alpha value is -4.40. The highest BCUT2D eigenvalue weighted by Crippen LogP contribution is 2.25. The summed E-state index contributed by atoms with van der Waals surface area (Å²) in [6.45, 7) is 6.53. The number of piperazine rings is 1. The van der Waals surface area contributed by atoms with E-state index < -0.39 is 0 Å². The number of amides is 1. The summed E-state index contributed by atoms with van der Waals surface area (Å²) < 4.78 is 6.98. The fourth-order valence-electron chi connectivity index (χ4n) is 4.45. The molecular formula is C28H31N7O2. The second-order valence-corrected chi connectivity index (χ2v) is 9.20. The fourth-order valence-corrected chi connectivity index (χ4v) is 4.45. The molecule has 9 nitrogen and oxygen atoms in total. The van der Waals surface area contributed by atoms with Crippen molar-refractivity contribution in [3.8, 4) is 17.0 Å². The number of carbonyl (C=O) groups is 1. The average molecular weight is 498 g/mol. The third-order valence-electron chi connectivity index (χ3n) is 6.50. The van der Waals surface area contributed by atoms with Crippen LogP contribution in [0.3, 0.4) is 0 Å². The number of hydrogen-bond donors (Lipinski definition) is 1. The van der Waals surface area contributed by atoms with Crippen LogP contribution in [0.2, 0.25) is 0 Å². The fraction of sp³-hybridized carbons (Fsp3) is 0.286. The van der Waals surface area contributed by atoms with Gasteiger partial charge in [0.25, 0.3) is 5.91 Å². The first kappa shape index (κ1) is 24.3. The van der Waals surface area contributed by atoms with Gasteiger partial charge in [-0.15, -0.1) is 0 Å². The van der Waals surface area contributed by atoms with Crippen LogP contribution in [0.25, 0.3) is 11.3 Å². The van der Waals surface area contributed by atoms with Gasteiger partial charge in [0.15, 0.2) is 0 Å². The van der Waals surface area contributed by atoms with Gasteiger partial charge >= 0.3 is 0 Å². The summed E-state index contributed by atoms with van der Waals surface area (Å²) >= 11 is 0. The van der Waals surface area contributed by atoms with E-state index in [-0.39, 0.29) is 5.91 Å². The number of anilines is 3. The maximum Gasteiger partial charge on any atom is 0.272 e. The molecule has 0 aliphatic carbocycles. The van der Waals surface area contributed by atoms with E-state index in [0.717, 1.165) is 34.3 Å². The second kappa shape index (κ2) is 10.3. The van der Waals surface area contributed by atoms with E-state index in [4.69, 9.17) is 4.74 Å². The number of aromatic nitrogens is 4. The molecule has 0 unspecified atom stereocenters. The molecule has 2 aromatic carbocycles. The number of nitrogens with one attached hydrogen (secondary N) is 1. The summed E-state index contributed by atoms with van der Waals surface area (Å²) in [6, 6.07) is 19.7. The van der Waals surface area contributed by atoms with Gasteiger partial charge in [-0.1, -0.05) is 29.8 Å². The SMILES string of the molecule is COc1cccc(-c2cc(C(=O)N3CCN(c4cc(Nc5ccc(C)cc5)nc(C)n4)CC3)n(C)n2)c1. The van der Waals surface area contributed by atoms with Gasteiger partial charge in [-0.2, -0.15) is 5.10 Å². The summed E-state index contributed by atoms with van der Waals surface area (Å²) in [6.07, 6.45) is 0. The molecule has 3 heterocycles. The van der Waals surface area contributed by atoms with Gasteiger partial charge in [0, 0.05) is 50.5 Å². The van der Waals surface area contributed by atoms with Crippen molar-refractivity contribution in [2.75, 3.05) is 43.5 Å². The maximum absolute atomic E-state index is 13.4. The van der Waals surface area contributed by atoms with Crippen molar-refractivity contribution < 1.29 is 9.53 Å². The zero-order valence-electron chi connectivity index (χ0n) is 21.6. The van der Waals surface area contributed by atoms with Crippen LogP contribution >= 0.6 is 0 Å². The Labute approximate surface area is 216 Å². The number of methoxy groups -OCH3 is 1. The van der Waals surface area contributed by atoms with Crippen LogP contribution in [-0.4, -0.2) is 63.8 Å². The van der Waals surface area contributed by atoms with E-state index in [9.17, 15) is 4.79 Å². The predicted molar refractivity (Wildman–Crippen MR) is 145 cm³/mol. The standard InChI is InChI=1S/C28H31N7O2/c1-19-8-10-22(11-9-19)31-26-18-27(30-20(2)29-26)34-12-14-35(15-13-34)28(36)25-17-24(32-33(25)3)21-6-5-7-23(16-21)37-4/h5-11,16-18H,12-15H2,1-4H3,(H,29,30,31). The Balaban J connectivity index is 1.26. The van der Waals surface area contributed by atoms with Crippen molar-refractivity contribution in [1.29, 1.82) is 0 Å². The lowest BCUT2D eigenvalue weighted by Gasteiger charge is -2.35. The van der Waals surface area contributed by atoms with Crippen molar-refractivity contribution in [1.82, 2.24) is 24.6 Å². The molecule has 0 saturated carbocycles. The monoisotopic (exact) mass is 497 g/mol. The van der Waals surface area contributed by atoms with E-state index >= 15 is 0 Å². The molecular weight excluding hydrogens is 466 g/mol. The minimum absolute atomic E-state index is 0.0237. The van der Waals surface area contributed by atoms with Crippen LogP contribution in [0.4, 0.5) is 17.3 Å². The first-order chi connectivity index (χ1) is 17.9. The van der Waals surface area contributed by atoms with Crippen LogP contribution in [0.1, 0.15) is 21.9 Å². The van der Waals surface area contributed by atoms with Gasteiger partial charge in [-0.05, 0) is 44.2 Å². The Kier molecular flexibility index (Phi) is 6.76. The van der Waals surface area contributed by atoms with Crippen LogP contribution < -0.4 is 15.0 Å². The largest absolute Gasteiger partial charge is 0.497 e. The Morgan fingerprint density at radius 1 is 0.946 bits per heavy atom. The molecule has 1 fully saturated rings. The summed E-state index contributed by atoms with van der Waals surface area (Å²) in [5.74, 6) is 3.04. The highest BCUT2D eigenvalue weighted by molar-refractivity contribution is 5.94. The van der Waals surface area contributed by atoms with Crippen molar-refractivity contribution in [3.63, 3.8) is 0 Å². The second-order valence-electron chi connectivity index (χ2n) is 9.20. The quantitative estimate of drug-likeness (QED) is 0.427. The molecule has 4 aromatic rings. The number of carbonyl (C=O) groups excluding carboxylic acids is 1. The van der Waals surface area contributed by atoms with Crippen molar-refractivity contribution in [2.45, 2.75) is 13.8 Å². The van der Waals surface area contributed by atoms with E-state index in [1.54, 1.807) is 18.8 Å². The summed E-state index contributed by atoms with van der Waals surface area (Å²) in [7, 11) is 3.44. The van der Waals surface area contributed by atoms with Gasteiger partial charge < -0.3 is 19.9 Å². The van der Waals surface area contributed by atoms with Crippen molar-refractivity contribution >= 4 is 23.2 Å². The van der Waals surface area contributed by atoms with Crippen LogP contribution in [0.5, 0.6) is 5.75 Å². The first-order valence-electron chi connectivity index (χ1n) is 12.3. The lowest BCUT2D eigenvalue weighted by atomic mass is 10.1. The normalized spacial score (nSPS) is 13.5.